The van der Waals surface area contributed by atoms with E-state index in [1.165, 1.54) is 18.2 Å². The molecule has 1 heterocycles. The summed E-state index contributed by atoms with van der Waals surface area (Å²) < 4.78 is 5.72. The normalized spacial score (nSPS) is 14.2. The lowest BCUT2D eigenvalue weighted by Crippen LogP contribution is -2.32. The second kappa shape index (κ2) is 8.34. The van der Waals surface area contributed by atoms with Crippen LogP contribution in [0, 0.1) is 6.92 Å². The molecule has 0 saturated heterocycles. The minimum Gasteiger partial charge on any atom is -0.411 e. The van der Waals surface area contributed by atoms with Crippen molar-refractivity contribution in [3.63, 3.8) is 0 Å². The van der Waals surface area contributed by atoms with Crippen LogP contribution in [0.2, 0.25) is 0 Å². The summed E-state index contributed by atoms with van der Waals surface area (Å²) in [6, 6.07) is 7.88. The van der Waals surface area contributed by atoms with E-state index in [9.17, 15) is 4.79 Å². The number of rotatable bonds is 6. The molecule has 1 aromatic carbocycles. The molecule has 1 aliphatic carbocycles. The first-order valence-electron chi connectivity index (χ1n) is 8.70. The van der Waals surface area contributed by atoms with E-state index in [2.05, 4.69) is 16.3 Å². The minimum atomic E-state index is 0.0938. The van der Waals surface area contributed by atoms with E-state index in [0.717, 1.165) is 36.1 Å². The quantitative estimate of drug-likeness (QED) is 0.715. The van der Waals surface area contributed by atoms with Crippen LogP contribution >= 0.6 is 11.8 Å². The number of hydrogen-bond donors (Lipinski definition) is 0. The smallest absolute Gasteiger partial charge is 0.277 e. The van der Waals surface area contributed by atoms with Crippen LogP contribution < -0.4 is 0 Å². The summed E-state index contributed by atoms with van der Waals surface area (Å²) in [6.07, 6.45) is 6.62. The largest absolute Gasteiger partial charge is 0.411 e. The first kappa shape index (κ1) is 17.7. The maximum absolute atomic E-state index is 12.6. The maximum atomic E-state index is 12.6. The van der Waals surface area contributed by atoms with Gasteiger partial charge in [0, 0.05) is 17.8 Å². The molecule has 3 rings (SSSR count). The Hall–Kier alpha value is -2.08. The zero-order valence-corrected chi connectivity index (χ0v) is 15.5. The number of amides is 1. The van der Waals surface area contributed by atoms with Crippen molar-refractivity contribution in [2.24, 2.45) is 0 Å². The van der Waals surface area contributed by atoms with E-state index in [4.69, 9.17) is 4.42 Å². The van der Waals surface area contributed by atoms with E-state index in [1.54, 1.807) is 0 Å². The van der Waals surface area contributed by atoms with Crippen molar-refractivity contribution in [2.45, 2.75) is 44.8 Å². The highest BCUT2D eigenvalue weighted by Gasteiger charge is 2.19. The Morgan fingerprint density at radius 1 is 1.28 bits per heavy atom. The summed E-state index contributed by atoms with van der Waals surface area (Å²) in [7, 11) is 0. The molecule has 0 atom stereocenters. The van der Waals surface area contributed by atoms with E-state index in [-0.39, 0.29) is 5.91 Å². The van der Waals surface area contributed by atoms with Gasteiger partial charge in [-0.05, 0) is 51.2 Å². The average molecular weight is 357 g/mol. The van der Waals surface area contributed by atoms with Gasteiger partial charge in [0.1, 0.15) is 0 Å². The van der Waals surface area contributed by atoms with Crippen LogP contribution in [0.4, 0.5) is 0 Å². The molecule has 0 N–H and O–H groups in total. The fourth-order valence-corrected chi connectivity index (χ4v) is 3.64. The van der Waals surface area contributed by atoms with Gasteiger partial charge in [0.25, 0.3) is 5.22 Å². The van der Waals surface area contributed by atoms with Crippen molar-refractivity contribution < 1.29 is 9.21 Å². The standard InChI is InChI=1S/C19H23N3O2S/c1-3-22(15-10-5-4-6-11-15)17(23)13-25-19-21-20-18(24-19)16-12-8-7-9-14(16)2/h7-10,12H,3-6,11,13H2,1-2H3. The number of hydrogen-bond acceptors (Lipinski definition) is 5. The Balaban J connectivity index is 1.62. The molecule has 1 aliphatic rings. The second-order valence-corrected chi connectivity index (χ2v) is 6.98. The molecule has 0 fully saturated rings. The van der Waals surface area contributed by atoms with Crippen molar-refractivity contribution in [1.29, 1.82) is 0 Å². The van der Waals surface area contributed by atoms with Crippen molar-refractivity contribution in [1.82, 2.24) is 15.1 Å². The predicted octanol–water partition coefficient (Wildman–Crippen LogP) is 4.44. The number of aryl methyl sites for hydroxylation is 1. The van der Waals surface area contributed by atoms with Gasteiger partial charge in [-0.1, -0.05) is 36.0 Å². The Kier molecular flexibility index (Phi) is 5.91. The molecule has 132 valence electrons. The third-order valence-electron chi connectivity index (χ3n) is 4.33. The van der Waals surface area contributed by atoms with Crippen molar-refractivity contribution in [3.05, 3.63) is 41.6 Å². The molecule has 0 unspecified atom stereocenters. The van der Waals surface area contributed by atoms with Crippen LogP contribution in [-0.2, 0) is 4.79 Å². The van der Waals surface area contributed by atoms with Crippen LogP contribution in [0.15, 0.2) is 45.7 Å². The molecule has 0 spiro atoms. The number of benzene rings is 1. The summed E-state index contributed by atoms with van der Waals surface area (Å²) in [5.41, 5.74) is 3.17. The number of thioether (sulfide) groups is 1. The molecule has 1 amide bonds. The van der Waals surface area contributed by atoms with E-state index >= 15 is 0 Å². The molecule has 1 aromatic heterocycles. The molecular weight excluding hydrogens is 334 g/mol. The predicted molar refractivity (Wildman–Crippen MR) is 99.1 cm³/mol. The highest BCUT2D eigenvalue weighted by Crippen LogP contribution is 2.26. The zero-order chi connectivity index (χ0) is 17.6. The summed E-state index contributed by atoms with van der Waals surface area (Å²) >= 11 is 1.30. The SMILES string of the molecule is CCN(C(=O)CSc1nnc(-c2ccccc2C)o1)C1=CCCCC1. The first-order valence-corrected chi connectivity index (χ1v) is 9.69. The van der Waals surface area contributed by atoms with Crippen LogP contribution in [-0.4, -0.2) is 33.3 Å². The van der Waals surface area contributed by atoms with E-state index in [1.807, 2.05) is 43.0 Å². The number of aromatic nitrogens is 2. The average Bonchev–Trinajstić information content (AvgIpc) is 3.11. The van der Waals surface area contributed by atoms with Crippen molar-refractivity contribution >= 4 is 17.7 Å². The van der Waals surface area contributed by atoms with E-state index in [0.29, 0.717) is 23.4 Å². The molecule has 0 saturated carbocycles. The van der Waals surface area contributed by atoms with Crippen LogP contribution in [0.25, 0.3) is 11.5 Å². The van der Waals surface area contributed by atoms with Gasteiger partial charge in [-0.2, -0.15) is 0 Å². The Labute approximate surface area is 152 Å². The lowest BCUT2D eigenvalue weighted by Gasteiger charge is -2.26. The molecule has 0 aliphatic heterocycles. The van der Waals surface area contributed by atoms with Gasteiger partial charge in [0.15, 0.2) is 0 Å². The molecule has 25 heavy (non-hydrogen) atoms. The molecule has 0 radical (unpaired) electrons. The highest BCUT2D eigenvalue weighted by atomic mass is 32.2. The Morgan fingerprint density at radius 2 is 2.12 bits per heavy atom. The fraction of sp³-hybridized carbons (Fsp3) is 0.421. The van der Waals surface area contributed by atoms with E-state index < -0.39 is 0 Å². The summed E-state index contributed by atoms with van der Waals surface area (Å²) in [5.74, 6) is 0.896. The molecule has 6 heteroatoms. The lowest BCUT2D eigenvalue weighted by atomic mass is 10.0. The van der Waals surface area contributed by atoms with Crippen molar-refractivity contribution in [2.75, 3.05) is 12.3 Å². The summed E-state index contributed by atoms with van der Waals surface area (Å²) in [4.78, 5) is 14.4. The Bertz CT molecular complexity index is 770. The van der Waals surface area contributed by atoms with Gasteiger partial charge in [-0.25, -0.2) is 0 Å². The molecule has 2 aromatic rings. The summed E-state index contributed by atoms with van der Waals surface area (Å²) in [6.45, 7) is 4.72. The number of carbonyl (C=O) groups is 1. The zero-order valence-electron chi connectivity index (χ0n) is 14.7. The molecular formula is C19H23N3O2S. The second-order valence-electron chi connectivity index (χ2n) is 6.06. The van der Waals surface area contributed by atoms with Crippen molar-refractivity contribution in [3.8, 4) is 11.5 Å². The minimum absolute atomic E-state index is 0.0938. The maximum Gasteiger partial charge on any atom is 0.277 e. The number of allylic oxidation sites excluding steroid dienone is 2. The van der Waals surface area contributed by atoms with Crippen LogP contribution in [0.1, 0.15) is 38.2 Å². The van der Waals surface area contributed by atoms with Gasteiger partial charge in [-0.15, -0.1) is 10.2 Å². The van der Waals surface area contributed by atoms with Crippen LogP contribution in [0.3, 0.4) is 0 Å². The van der Waals surface area contributed by atoms with Gasteiger partial charge in [-0.3, -0.25) is 4.79 Å². The summed E-state index contributed by atoms with van der Waals surface area (Å²) in [5, 5.41) is 8.60. The molecule has 0 bridgehead atoms. The Morgan fingerprint density at radius 3 is 2.84 bits per heavy atom. The van der Waals surface area contributed by atoms with Gasteiger partial charge < -0.3 is 9.32 Å². The number of nitrogens with zero attached hydrogens (tertiary/aromatic N) is 3. The number of carbonyl (C=O) groups excluding carboxylic acids is 1. The lowest BCUT2D eigenvalue weighted by molar-refractivity contribution is -0.126. The van der Waals surface area contributed by atoms with Gasteiger partial charge >= 0.3 is 0 Å². The van der Waals surface area contributed by atoms with Crippen LogP contribution in [0.5, 0.6) is 0 Å². The highest BCUT2D eigenvalue weighted by molar-refractivity contribution is 7.99. The molecule has 5 nitrogen and oxygen atoms in total. The topological polar surface area (TPSA) is 59.2 Å². The third kappa shape index (κ3) is 4.31. The monoisotopic (exact) mass is 357 g/mol. The first-order chi connectivity index (χ1) is 12.2. The van der Waals surface area contributed by atoms with Gasteiger partial charge in [0.05, 0.1) is 5.75 Å². The van der Waals surface area contributed by atoms with Gasteiger partial charge in [0.2, 0.25) is 11.8 Å². The fourth-order valence-electron chi connectivity index (χ4n) is 3.00. The third-order valence-corrected chi connectivity index (χ3v) is 5.14.